The molecule has 0 aliphatic carbocycles. The molecule has 0 aliphatic rings. The van der Waals surface area contributed by atoms with Gasteiger partial charge in [0.25, 0.3) is 0 Å². The Labute approximate surface area is 106 Å². The van der Waals surface area contributed by atoms with Gasteiger partial charge in [0, 0.05) is 25.1 Å². The Morgan fingerprint density at radius 1 is 1.65 bits per heavy atom. The summed E-state index contributed by atoms with van der Waals surface area (Å²) in [5, 5.41) is 2.05. The molecular weight excluding hydrogens is 236 g/mol. The van der Waals surface area contributed by atoms with Crippen molar-refractivity contribution in [2.75, 3.05) is 26.8 Å². The van der Waals surface area contributed by atoms with Crippen molar-refractivity contribution in [3.8, 4) is 0 Å². The van der Waals surface area contributed by atoms with Crippen molar-refractivity contribution in [1.82, 2.24) is 4.90 Å². The molecule has 2 N–H and O–H groups in total. The van der Waals surface area contributed by atoms with Crippen LogP contribution in [0.25, 0.3) is 0 Å². The van der Waals surface area contributed by atoms with E-state index in [1.165, 1.54) is 4.88 Å². The summed E-state index contributed by atoms with van der Waals surface area (Å²) in [6.45, 7) is 3.63. The second-order valence-electron chi connectivity index (χ2n) is 3.81. The molecule has 0 aliphatic heterocycles. The molecule has 96 valence electrons. The average Bonchev–Trinajstić information content (AvgIpc) is 2.83. The molecular formula is C12H20N2O2S. The van der Waals surface area contributed by atoms with Gasteiger partial charge < -0.3 is 15.4 Å². The summed E-state index contributed by atoms with van der Waals surface area (Å²) in [5.74, 6) is -0.0362. The Morgan fingerprint density at radius 3 is 2.94 bits per heavy atom. The van der Waals surface area contributed by atoms with E-state index < -0.39 is 6.04 Å². The molecule has 0 saturated heterocycles. The van der Waals surface area contributed by atoms with E-state index in [4.69, 9.17) is 10.5 Å². The van der Waals surface area contributed by atoms with E-state index in [2.05, 4.69) is 6.07 Å². The highest BCUT2D eigenvalue weighted by atomic mass is 32.1. The summed E-state index contributed by atoms with van der Waals surface area (Å²) in [6.07, 6.45) is 0.886. The van der Waals surface area contributed by atoms with Crippen molar-refractivity contribution in [1.29, 1.82) is 0 Å². The Hall–Kier alpha value is -0.910. The van der Waals surface area contributed by atoms with Crippen molar-refractivity contribution in [2.24, 2.45) is 5.73 Å². The molecule has 1 aromatic rings. The highest BCUT2D eigenvalue weighted by molar-refractivity contribution is 7.09. The molecule has 0 fully saturated rings. The van der Waals surface area contributed by atoms with Gasteiger partial charge in [-0.1, -0.05) is 6.07 Å². The standard InChI is InChI=1S/C12H20N2O2S/c1-3-14(12(15)11(13)9-16-2)7-6-10-5-4-8-17-10/h4-5,8,11H,3,6-7,9,13H2,1-2H3. The van der Waals surface area contributed by atoms with Gasteiger partial charge in [0.15, 0.2) is 0 Å². The molecule has 0 bridgehead atoms. The van der Waals surface area contributed by atoms with E-state index in [-0.39, 0.29) is 12.5 Å². The molecule has 1 unspecified atom stereocenters. The zero-order valence-corrected chi connectivity index (χ0v) is 11.2. The normalized spacial score (nSPS) is 12.4. The van der Waals surface area contributed by atoms with Gasteiger partial charge in [-0.2, -0.15) is 0 Å². The SMILES string of the molecule is CCN(CCc1cccs1)C(=O)C(N)COC. The van der Waals surface area contributed by atoms with E-state index >= 15 is 0 Å². The Balaban J connectivity index is 2.44. The van der Waals surface area contributed by atoms with E-state index in [9.17, 15) is 4.79 Å². The number of rotatable bonds is 7. The summed E-state index contributed by atoms with van der Waals surface area (Å²) >= 11 is 1.71. The summed E-state index contributed by atoms with van der Waals surface area (Å²) in [5.41, 5.74) is 5.74. The number of likely N-dealkylation sites (N-methyl/N-ethyl adjacent to an activating group) is 1. The second-order valence-corrected chi connectivity index (χ2v) is 4.84. The molecule has 17 heavy (non-hydrogen) atoms. The van der Waals surface area contributed by atoms with Gasteiger partial charge in [0.2, 0.25) is 5.91 Å². The van der Waals surface area contributed by atoms with Crippen LogP contribution >= 0.6 is 11.3 Å². The number of nitrogens with two attached hydrogens (primary N) is 1. The molecule has 1 rings (SSSR count). The fourth-order valence-corrected chi connectivity index (χ4v) is 2.31. The molecule has 0 saturated carbocycles. The van der Waals surface area contributed by atoms with E-state index in [1.807, 2.05) is 18.4 Å². The van der Waals surface area contributed by atoms with E-state index in [0.717, 1.165) is 6.42 Å². The highest BCUT2D eigenvalue weighted by Crippen LogP contribution is 2.10. The van der Waals surface area contributed by atoms with Gasteiger partial charge in [-0.05, 0) is 24.8 Å². The van der Waals surface area contributed by atoms with Gasteiger partial charge in [-0.15, -0.1) is 11.3 Å². The number of amides is 1. The lowest BCUT2D eigenvalue weighted by atomic mass is 10.2. The molecule has 1 aromatic heterocycles. The summed E-state index contributed by atoms with van der Waals surface area (Å²) in [6, 6.07) is 3.55. The monoisotopic (exact) mass is 256 g/mol. The summed E-state index contributed by atoms with van der Waals surface area (Å²) in [4.78, 5) is 15.0. The molecule has 5 heteroatoms. The Morgan fingerprint density at radius 2 is 2.41 bits per heavy atom. The first-order chi connectivity index (χ1) is 8.19. The lowest BCUT2D eigenvalue weighted by Crippen LogP contribution is -2.46. The zero-order chi connectivity index (χ0) is 12.7. The quantitative estimate of drug-likeness (QED) is 0.795. The van der Waals surface area contributed by atoms with E-state index in [1.54, 1.807) is 23.3 Å². The fraction of sp³-hybridized carbons (Fsp3) is 0.583. The number of hydrogen-bond acceptors (Lipinski definition) is 4. The first-order valence-electron chi connectivity index (χ1n) is 5.74. The van der Waals surface area contributed by atoms with Crippen LogP contribution in [0.15, 0.2) is 17.5 Å². The lowest BCUT2D eigenvalue weighted by molar-refractivity contribution is -0.133. The minimum atomic E-state index is -0.553. The van der Waals surface area contributed by atoms with Crippen LogP contribution < -0.4 is 5.73 Å². The topological polar surface area (TPSA) is 55.6 Å². The van der Waals surface area contributed by atoms with Crippen LogP contribution in [0.1, 0.15) is 11.8 Å². The number of carbonyl (C=O) groups is 1. The number of carbonyl (C=O) groups excluding carboxylic acids is 1. The molecule has 0 spiro atoms. The predicted octanol–water partition coefficient (Wildman–Crippen LogP) is 1.11. The zero-order valence-electron chi connectivity index (χ0n) is 10.4. The van der Waals surface area contributed by atoms with Crippen LogP contribution in [0.5, 0.6) is 0 Å². The van der Waals surface area contributed by atoms with Gasteiger partial charge in [-0.25, -0.2) is 0 Å². The predicted molar refractivity (Wildman–Crippen MR) is 70.1 cm³/mol. The average molecular weight is 256 g/mol. The number of hydrogen-bond donors (Lipinski definition) is 1. The largest absolute Gasteiger partial charge is 0.383 e. The maximum atomic E-state index is 11.9. The number of methoxy groups -OCH3 is 1. The van der Waals surface area contributed by atoms with Crippen LogP contribution in [-0.2, 0) is 16.0 Å². The summed E-state index contributed by atoms with van der Waals surface area (Å²) in [7, 11) is 1.55. The van der Waals surface area contributed by atoms with E-state index in [0.29, 0.717) is 13.1 Å². The number of ether oxygens (including phenoxy) is 1. The minimum Gasteiger partial charge on any atom is -0.383 e. The molecule has 1 atom stereocenters. The fourth-order valence-electron chi connectivity index (χ4n) is 1.61. The van der Waals surface area contributed by atoms with Crippen LogP contribution in [0.2, 0.25) is 0 Å². The van der Waals surface area contributed by atoms with Crippen molar-refractivity contribution < 1.29 is 9.53 Å². The number of thiophene rings is 1. The van der Waals surface area contributed by atoms with Gasteiger partial charge in [-0.3, -0.25) is 4.79 Å². The molecule has 1 heterocycles. The highest BCUT2D eigenvalue weighted by Gasteiger charge is 2.19. The third kappa shape index (κ3) is 4.46. The Bertz CT molecular complexity index is 327. The van der Waals surface area contributed by atoms with Crippen molar-refractivity contribution in [3.05, 3.63) is 22.4 Å². The Kier molecular flexibility index (Phi) is 6.18. The molecule has 0 radical (unpaired) electrons. The third-order valence-electron chi connectivity index (χ3n) is 2.57. The smallest absolute Gasteiger partial charge is 0.241 e. The maximum Gasteiger partial charge on any atom is 0.241 e. The lowest BCUT2D eigenvalue weighted by Gasteiger charge is -2.23. The van der Waals surface area contributed by atoms with Gasteiger partial charge in [0.1, 0.15) is 6.04 Å². The number of nitrogens with zero attached hydrogens (tertiary/aromatic N) is 1. The van der Waals surface area contributed by atoms with Crippen molar-refractivity contribution >= 4 is 17.2 Å². The third-order valence-corrected chi connectivity index (χ3v) is 3.50. The molecule has 4 nitrogen and oxygen atoms in total. The first kappa shape index (κ1) is 14.2. The summed E-state index contributed by atoms with van der Waals surface area (Å²) < 4.78 is 4.90. The van der Waals surface area contributed by atoms with Crippen molar-refractivity contribution in [2.45, 2.75) is 19.4 Å². The van der Waals surface area contributed by atoms with Gasteiger partial charge >= 0.3 is 0 Å². The van der Waals surface area contributed by atoms with Crippen LogP contribution in [0.3, 0.4) is 0 Å². The maximum absolute atomic E-state index is 11.9. The van der Waals surface area contributed by atoms with Crippen molar-refractivity contribution in [3.63, 3.8) is 0 Å². The van der Waals surface area contributed by atoms with Crippen LogP contribution in [-0.4, -0.2) is 43.7 Å². The first-order valence-corrected chi connectivity index (χ1v) is 6.62. The van der Waals surface area contributed by atoms with Crippen LogP contribution in [0.4, 0.5) is 0 Å². The van der Waals surface area contributed by atoms with Crippen LogP contribution in [0, 0.1) is 0 Å². The molecule has 0 aromatic carbocycles. The molecule has 1 amide bonds. The minimum absolute atomic E-state index is 0.0362. The second kappa shape index (κ2) is 7.42. The van der Waals surface area contributed by atoms with Gasteiger partial charge in [0.05, 0.1) is 6.61 Å².